The van der Waals surface area contributed by atoms with Gasteiger partial charge in [-0.1, -0.05) is 38.1 Å². The number of anilines is 1. The largest absolute Gasteiger partial charge is 0.389 e. The third-order valence-corrected chi connectivity index (χ3v) is 6.34. The fourth-order valence-electron chi connectivity index (χ4n) is 4.37. The molecule has 1 saturated heterocycles. The summed E-state index contributed by atoms with van der Waals surface area (Å²) >= 11 is 0. The van der Waals surface area contributed by atoms with Gasteiger partial charge in [-0.05, 0) is 42.3 Å². The van der Waals surface area contributed by atoms with Gasteiger partial charge in [-0.25, -0.2) is 18.7 Å². The molecule has 1 aliphatic rings. The van der Waals surface area contributed by atoms with E-state index in [1.165, 1.54) is 24.3 Å². The highest BCUT2D eigenvalue weighted by Gasteiger charge is 2.23. The molecule has 1 unspecified atom stereocenters. The van der Waals surface area contributed by atoms with E-state index in [1.807, 2.05) is 13.0 Å². The number of β-amino-alcohol motifs (C(OH)–C–C–N with tert-alkyl or cyclic N) is 1. The van der Waals surface area contributed by atoms with Gasteiger partial charge in [0.1, 0.15) is 29.4 Å². The van der Waals surface area contributed by atoms with Gasteiger partial charge < -0.3 is 14.7 Å². The van der Waals surface area contributed by atoms with Gasteiger partial charge in [0.2, 0.25) is 0 Å². The molecule has 1 aromatic heterocycles. The fourth-order valence-corrected chi connectivity index (χ4v) is 4.37. The van der Waals surface area contributed by atoms with Crippen LogP contribution in [0.15, 0.2) is 54.6 Å². The van der Waals surface area contributed by atoms with E-state index >= 15 is 0 Å². The van der Waals surface area contributed by atoms with Gasteiger partial charge in [0.05, 0.1) is 12.7 Å². The monoisotopic (exact) mass is 496 g/mol. The first-order valence-corrected chi connectivity index (χ1v) is 12.4. The number of rotatable bonds is 9. The lowest BCUT2D eigenvalue weighted by Gasteiger charge is -2.36. The van der Waals surface area contributed by atoms with Crippen molar-refractivity contribution in [3.8, 4) is 0 Å². The Kier molecular flexibility index (Phi) is 8.61. The van der Waals surface area contributed by atoms with Gasteiger partial charge in [-0.15, -0.1) is 0 Å². The minimum Gasteiger partial charge on any atom is -0.389 e. The van der Waals surface area contributed by atoms with Crippen LogP contribution >= 0.6 is 0 Å². The fraction of sp³-hybridized carbons (Fsp3) is 0.429. The predicted molar refractivity (Wildman–Crippen MR) is 136 cm³/mol. The molecule has 1 fully saturated rings. The third-order valence-electron chi connectivity index (χ3n) is 6.34. The number of benzene rings is 2. The van der Waals surface area contributed by atoms with Crippen molar-refractivity contribution in [3.63, 3.8) is 0 Å². The number of piperazine rings is 1. The molecule has 3 aromatic rings. The smallest absolute Gasteiger partial charge is 0.133 e. The average Bonchev–Trinajstić information content (AvgIpc) is 2.86. The molecule has 2 aromatic carbocycles. The second-order valence-corrected chi connectivity index (χ2v) is 9.64. The Morgan fingerprint density at radius 3 is 1.97 bits per heavy atom. The first kappa shape index (κ1) is 26.1. The Morgan fingerprint density at radius 2 is 1.44 bits per heavy atom. The van der Waals surface area contributed by atoms with E-state index in [4.69, 9.17) is 9.72 Å². The topological polar surface area (TPSA) is 61.7 Å². The SMILES string of the molecule is Cc1cc(N2CCN(CC(O)COC(c3ccc(F)cc3)c3ccc(F)cc3)CC2)nc(C(C)C)n1. The number of hydrogen-bond donors (Lipinski definition) is 1. The molecule has 0 spiro atoms. The minimum absolute atomic E-state index is 0.0997. The summed E-state index contributed by atoms with van der Waals surface area (Å²) < 4.78 is 33.0. The zero-order valence-corrected chi connectivity index (χ0v) is 21.1. The van der Waals surface area contributed by atoms with E-state index in [-0.39, 0.29) is 24.2 Å². The summed E-state index contributed by atoms with van der Waals surface area (Å²) in [5.41, 5.74) is 2.45. The molecule has 192 valence electrons. The molecule has 0 saturated carbocycles. The number of hydrogen-bond acceptors (Lipinski definition) is 6. The molecule has 0 radical (unpaired) electrons. The van der Waals surface area contributed by atoms with Crippen LogP contribution in [0.1, 0.15) is 48.5 Å². The molecular formula is C28H34F2N4O2. The van der Waals surface area contributed by atoms with E-state index in [0.717, 1.165) is 54.6 Å². The van der Waals surface area contributed by atoms with E-state index in [0.29, 0.717) is 6.54 Å². The molecule has 36 heavy (non-hydrogen) atoms. The Labute approximate surface area is 211 Å². The Morgan fingerprint density at radius 1 is 0.889 bits per heavy atom. The van der Waals surface area contributed by atoms with Crippen molar-refractivity contribution < 1.29 is 18.6 Å². The molecule has 1 N–H and O–H groups in total. The lowest BCUT2D eigenvalue weighted by molar-refractivity contribution is -0.00898. The van der Waals surface area contributed by atoms with Crippen LogP contribution in [0.5, 0.6) is 0 Å². The quantitative estimate of drug-likeness (QED) is 0.472. The number of nitrogens with zero attached hydrogens (tertiary/aromatic N) is 4. The van der Waals surface area contributed by atoms with Crippen LogP contribution in [-0.4, -0.2) is 65.4 Å². The van der Waals surface area contributed by atoms with E-state index < -0.39 is 12.2 Å². The first-order chi connectivity index (χ1) is 17.3. The van der Waals surface area contributed by atoms with E-state index in [1.54, 1.807) is 24.3 Å². The molecule has 2 heterocycles. The Bertz CT molecular complexity index is 1070. The molecule has 0 bridgehead atoms. The summed E-state index contributed by atoms with van der Waals surface area (Å²) in [5.74, 6) is 1.41. The van der Waals surface area contributed by atoms with Crippen LogP contribution < -0.4 is 4.90 Å². The van der Waals surface area contributed by atoms with Crippen LogP contribution in [0.25, 0.3) is 0 Å². The van der Waals surface area contributed by atoms with Gasteiger partial charge in [0, 0.05) is 50.4 Å². The number of aliphatic hydroxyl groups is 1. The van der Waals surface area contributed by atoms with Crippen molar-refractivity contribution in [1.29, 1.82) is 0 Å². The second kappa shape index (κ2) is 11.9. The molecule has 1 aliphatic heterocycles. The molecule has 1 atom stereocenters. The van der Waals surface area contributed by atoms with Gasteiger partial charge in [-0.2, -0.15) is 0 Å². The molecule has 0 aliphatic carbocycles. The molecule has 8 heteroatoms. The highest BCUT2D eigenvalue weighted by molar-refractivity contribution is 5.40. The highest BCUT2D eigenvalue weighted by Crippen LogP contribution is 2.27. The van der Waals surface area contributed by atoms with Gasteiger partial charge in [0.15, 0.2) is 0 Å². The van der Waals surface area contributed by atoms with Crippen LogP contribution in [0.4, 0.5) is 14.6 Å². The maximum atomic E-state index is 13.4. The lowest BCUT2D eigenvalue weighted by Crippen LogP contribution is -2.49. The van der Waals surface area contributed by atoms with Crippen LogP contribution in [0, 0.1) is 18.6 Å². The average molecular weight is 497 g/mol. The van der Waals surface area contributed by atoms with Gasteiger partial charge >= 0.3 is 0 Å². The number of halogens is 2. The van der Waals surface area contributed by atoms with Crippen LogP contribution in [0.2, 0.25) is 0 Å². The normalized spacial score (nSPS) is 15.6. The summed E-state index contributed by atoms with van der Waals surface area (Å²) in [6.45, 7) is 10.00. The van der Waals surface area contributed by atoms with Crippen molar-refractivity contribution in [2.45, 2.75) is 38.9 Å². The van der Waals surface area contributed by atoms with Crippen molar-refractivity contribution in [2.75, 3.05) is 44.2 Å². The lowest BCUT2D eigenvalue weighted by atomic mass is 10.0. The number of ether oxygens (including phenoxy) is 1. The van der Waals surface area contributed by atoms with Crippen molar-refractivity contribution in [3.05, 3.63) is 88.9 Å². The zero-order valence-electron chi connectivity index (χ0n) is 21.1. The summed E-state index contributed by atoms with van der Waals surface area (Å²) in [6, 6.07) is 14.1. The zero-order chi connectivity index (χ0) is 25.7. The highest BCUT2D eigenvalue weighted by atomic mass is 19.1. The summed E-state index contributed by atoms with van der Waals surface area (Å²) in [7, 11) is 0. The number of aliphatic hydroxyl groups excluding tert-OH is 1. The Balaban J connectivity index is 1.33. The molecule has 4 rings (SSSR count). The van der Waals surface area contributed by atoms with Crippen LogP contribution in [0.3, 0.4) is 0 Å². The first-order valence-electron chi connectivity index (χ1n) is 12.4. The number of aryl methyl sites for hydroxylation is 1. The summed E-state index contributed by atoms with van der Waals surface area (Å²) in [5, 5.41) is 10.7. The van der Waals surface area contributed by atoms with Crippen molar-refractivity contribution >= 4 is 5.82 Å². The van der Waals surface area contributed by atoms with Gasteiger partial charge in [-0.3, -0.25) is 4.90 Å². The minimum atomic E-state index is -0.700. The Hall–Kier alpha value is -2.94. The maximum Gasteiger partial charge on any atom is 0.133 e. The standard InChI is InChI=1S/C28H34F2N4O2/c1-19(2)28-31-20(3)16-26(32-28)34-14-12-33(13-15-34)17-25(35)18-36-27(21-4-8-23(29)9-5-21)22-6-10-24(30)11-7-22/h4-11,16,19,25,27,35H,12-15,17-18H2,1-3H3. The predicted octanol–water partition coefficient (Wildman–Crippen LogP) is 4.48. The van der Waals surface area contributed by atoms with E-state index in [2.05, 4.69) is 28.6 Å². The van der Waals surface area contributed by atoms with E-state index in [9.17, 15) is 13.9 Å². The molecular weight excluding hydrogens is 462 g/mol. The summed E-state index contributed by atoms with van der Waals surface area (Å²) in [6.07, 6.45) is -1.23. The van der Waals surface area contributed by atoms with Crippen LogP contribution in [-0.2, 0) is 4.74 Å². The molecule has 0 amide bonds. The third kappa shape index (κ3) is 6.84. The molecule has 6 nitrogen and oxygen atoms in total. The van der Waals surface area contributed by atoms with Gasteiger partial charge in [0.25, 0.3) is 0 Å². The van der Waals surface area contributed by atoms with Crippen molar-refractivity contribution in [1.82, 2.24) is 14.9 Å². The summed E-state index contributed by atoms with van der Waals surface area (Å²) in [4.78, 5) is 13.8. The van der Waals surface area contributed by atoms with Crippen molar-refractivity contribution in [2.24, 2.45) is 0 Å². The second-order valence-electron chi connectivity index (χ2n) is 9.64. The number of aromatic nitrogens is 2. The maximum absolute atomic E-state index is 13.4.